The van der Waals surface area contributed by atoms with Gasteiger partial charge in [0, 0.05) is 5.56 Å². The van der Waals surface area contributed by atoms with Gasteiger partial charge in [-0.15, -0.1) is 0 Å². The Morgan fingerprint density at radius 1 is 1.00 bits per heavy atom. The third-order valence-electron chi connectivity index (χ3n) is 3.20. The lowest BCUT2D eigenvalue weighted by Crippen LogP contribution is -2.13. The molecular weight excluding hydrogens is 172 g/mol. The first-order valence-electron chi connectivity index (χ1n) is 5.38. The molecule has 1 heteroatoms. The maximum Gasteiger partial charge on any atom is 0.127 e. The largest absolute Gasteiger partial charge is 0.489 e. The first-order chi connectivity index (χ1) is 6.95. The zero-order chi connectivity index (χ0) is 9.38. The first kappa shape index (κ1) is 8.10. The summed E-state index contributed by atoms with van der Waals surface area (Å²) in [4.78, 5) is 0. The van der Waals surface area contributed by atoms with Crippen molar-refractivity contribution in [1.29, 1.82) is 0 Å². The van der Waals surface area contributed by atoms with Crippen molar-refractivity contribution in [3.05, 3.63) is 35.4 Å². The van der Waals surface area contributed by atoms with E-state index in [0.717, 1.165) is 12.4 Å². The van der Waals surface area contributed by atoms with Gasteiger partial charge < -0.3 is 4.74 Å². The summed E-state index contributed by atoms with van der Waals surface area (Å²) in [5.74, 6) is 1.08. The van der Waals surface area contributed by atoms with E-state index in [2.05, 4.69) is 18.2 Å². The van der Waals surface area contributed by atoms with Crippen LogP contribution in [0.15, 0.2) is 29.8 Å². The average molecular weight is 186 g/mol. The molecule has 2 aliphatic rings. The predicted octanol–water partition coefficient (Wildman–Crippen LogP) is 3.41. The number of hydrogen-bond donors (Lipinski definition) is 0. The van der Waals surface area contributed by atoms with E-state index in [1.807, 2.05) is 6.07 Å². The summed E-state index contributed by atoms with van der Waals surface area (Å²) in [6.07, 6.45) is 5.16. The number of benzene rings is 1. The van der Waals surface area contributed by atoms with Gasteiger partial charge in [-0.25, -0.2) is 0 Å². The highest BCUT2D eigenvalue weighted by atomic mass is 16.5. The van der Waals surface area contributed by atoms with E-state index < -0.39 is 0 Å². The number of fused-ring (bicyclic) bond motifs is 2. The van der Waals surface area contributed by atoms with Crippen LogP contribution in [0.5, 0.6) is 5.75 Å². The molecule has 0 unspecified atom stereocenters. The van der Waals surface area contributed by atoms with Gasteiger partial charge in [0.15, 0.2) is 0 Å². The number of allylic oxidation sites excluding steroid dienone is 1. The fourth-order valence-corrected chi connectivity index (χ4v) is 2.46. The Balaban J connectivity index is 2.13. The van der Waals surface area contributed by atoms with Crippen molar-refractivity contribution >= 4 is 5.57 Å². The van der Waals surface area contributed by atoms with E-state index in [9.17, 15) is 0 Å². The van der Waals surface area contributed by atoms with Gasteiger partial charge in [-0.05, 0) is 42.9 Å². The maximum absolute atomic E-state index is 5.74. The van der Waals surface area contributed by atoms with Crippen LogP contribution in [0.4, 0.5) is 0 Å². The number of rotatable bonds is 0. The molecule has 0 fully saturated rings. The summed E-state index contributed by atoms with van der Waals surface area (Å²) in [7, 11) is 0. The van der Waals surface area contributed by atoms with E-state index >= 15 is 0 Å². The summed E-state index contributed by atoms with van der Waals surface area (Å²) in [6, 6.07) is 8.42. The van der Waals surface area contributed by atoms with Crippen LogP contribution >= 0.6 is 0 Å². The zero-order valence-electron chi connectivity index (χ0n) is 8.25. The SMILES string of the molecule is c1ccc2c(c1)OCC1=C2CCCC1. The third kappa shape index (κ3) is 1.16. The molecular formula is C13H14O. The fraction of sp³-hybridized carbons (Fsp3) is 0.385. The molecule has 0 amide bonds. The fourth-order valence-electron chi connectivity index (χ4n) is 2.46. The summed E-state index contributed by atoms with van der Waals surface area (Å²) >= 11 is 0. The van der Waals surface area contributed by atoms with Crippen LogP contribution in [0.2, 0.25) is 0 Å². The predicted molar refractivity (Wildman–Crippen MR) is 57.3 cm³/mol. The summed E-state index contributed by atoms with van der Waals surface area (Å²) in [5.41, 5.74) is 4.45. The van der Waals surface area contributed by atoms with Crippen molar-refractivity contribution in [3.63, 3.8) is 0 Å². The van der Waals surface area contributed by atoms with Crippen molar-refractivity contribution < 1.29 is 4.74 Å². The summed E-state index contributed by atoms with van der Waals surface area (Å²) < 4.78 is 5.74. The van der Waals surface area contributed by atoms with Crippen molar-refractivity contribution in [2.45, 2.75) is 25.7 Å². The van der Waals surface area contributed by atoms with Gasteiger partial charge in [-0.2, -0.15) is 0 Å². The Bertz CT molecular complexity index is 390. The number of hydrogen-bond acceptors (Lipinski definition) is 1. The van der Waals surface area contributed by atoms with E-state index in [0.29, 0.717) is 0 Å². The van der Waals surface area contributed by atoms with Crippen molar-refractivity contribution in [3.8, 4) is 5.75 Å². The van der Waals surface area contributed by atoms with E-state index in [1.165, 1.54) is 36.8 Å². The third-order valence-corrected chi connectivity index (χ3v) is 3.20. The highest BCUT2D eigenvalue weighted by Gasteiger charge is 2.21. The number of ether oxygens (including phenoxy) is 1. The van der Waals surface area contributed by atoms with Gasteiger partial charge in [0.1, 0.15) is 12.4 Å². The molecule has 0 saturated heterocycles. The van der Waals surface area contributed by atoms with Crippen molar-refractivity contribution in [1.82, 2.24) is 0 Å². The minimum absolute atomic E-state index is 0.826. The summed E-state index contributed by atoms with van der Waals surface area (Å²) in [5, 5.41) is 0. The molecule has 0 bridgehead atoms. The highest BCUT2D eigenvalue weighted by Crippen LogP contribution is 2.39. The number of para-hydroxylation sites is 1. The van der Waals surface area contributed by atoms with E-state index in [4.69, 9.17) is 4.74 Å². The molecule has 0 radical (unpaired) electrons. The van der Waals surface area contributed by atoms with Gasteiger partial charge in [0.2, 0.25) is 0 Å². The Kier molecular flexibility index (Phi) is 1.83. The van der Waals surface area contributed by atoms with Crippen molar-refractivity contribution in [2.24, 2.45) is 0 Å². The van der Waals surface area contributed by atoms with Crippen LogP contribution in [-0.2, 0) is 0 Å². The molecule has 1 aliphatic heterocycles. The molecule has 0 N–H and O–H groups in total. The zero-order valence-corrected chi connectivity index (χ0v) is 8.25. The highest BCUT2D eigenvalue weighted by molar-refractivity contribution is 5.75. The normalized spacial score (nSPS) is 19.7. The molecule has 1 nitrogen and oxygen atoms in total. The average Bonchev–Trinajstić information content (AvgIpc) is 2.29. The van der Waals surface area contributed by atoms with Crippen LogP contribution in [-0.4, -0.2) is 6.61 Å². The molecule has 3 rings (SSSR count). The molecule has 0 spiro atoms. The van der Waals surface area contributed by atoms with Gasteiger partial charge in [0.25, 0.3) is 0 Å². The van der Waals surface area contributed by atoms with Crippen LogP contribution < -0.4 is 4.74 Å². The van der Waals surface area contributed by atoms with Crippen LogP contribution in [0, 0.1) is 0 Å². The van der Waals surface area contributed by atoms with Gasteiger partial charge in [-0.3, -0.25) is 0 Å². The topological polar surface area (TPSA) is 9.23 Å². The smallest absolute Gasteiger partial charge is 0.127 e. The van der Waals surface area contributed by atoms with Crippen LogP contribution in [0.3, 0.4) is 0 Å². The Hall–Kier alpha value is -1.24. The van der Waals surface area contributed by atoms with Gasteiger partial charge in [0.05, 0.1) is 0 Å². The standard InChI is InChI=1S/C13H14O/c1-2-6-11-10(5-1)9-14-13-8-4-3-7-12(11)13/h3-4,7-8H,1-2,5-6,9H2. The molecule has 1 aromatic rings. The second-order valence-corrected chi connectivity index (χ2v) is 4.07. The van der Waals surface area contributed by atoms with E-state index in [-0.39, 0.29) is 0 Å². The molecule has 1 heterocycles. The molecule has 0 atom stereocenters. The Morgan fingerprint density at radius 3 is 2.86 bits per heavy atom. The van der Waals surface area contributed by atoms with Crippen LogP contribution in [0.1, 0.15) is 31.2 Å². The first-order valence-corrected chi connectivity index (χ1v) is 5.38. The molecule has 1 aromatic carbocycles. The maximum atomic E-state index is 5.74. The molecule has 72 valence electrons. The van der Waals surface area contributed by atoms with Gasteiger partial charge >= 0.3 is 0 Å². The molecule has 14 heavy (non-hydrogen) atoms. The quantitative estimate of drug-likeness (QED) is 0.603. The molecule has 0 aromatic heterocycles. The second kappa shape index (κ2) is 3.16. The Morgan fingerprint density at radius 2 is 1.86 bits per heavy atom. The lowest BCUT2D eigenvalue weighted by atomic mass is 9.86. The van der Waals surface area contributed by atoms with Gasteiger partial charge in [-0.1, -0.05) is 18.2 Å². The minimum Gasteiger partial charge on any atom is -0.489 e. The second-order valence-electron chi connectivity index (χ2n) is 4.07. The molecule has 1 aliphatic carbocycles. The summed E-state index contributed by atoms with van der Waals surface area (Å²) in [6.45, 7) is 0.826. The van der Waals surface area contributed by atoms with E-state index in [1.54, 1.807) is 5.57 Å². The Labute approximate surface area is 84.4 Å². The lowest BCUT2D eigenvalue weighted by Gasteiger charge is -2.27. The lowest BCUT2D eigenvalue weighted by molar-refractivity contribution is 0.336. The molecule has 0 saturated carbocycles. The monoisotopic (exact) mass is 186 g/mol. The van der Waals surface area contributed by atoms with Crippen LogP contribution in [0.25, 0.3) is 5.57 Å². The van der Waals surface area contributed by atoms with Crippen molar-refractivity contribution in [2.75, 3.05) is 6.61 Å². The minimum atomic E-state index is 0.826.